The molecule has 0 spiro atoms. The number of amides is 1. The van der Waals surface area contributed by atoms with Gasteiger partial charge in [-0.25, -0.2) is 9.78 Å². The molecule has 1 unspecified atom stereocenters. The van der Waals surface area contributed by atoms with Crippen molar-refractivity contribution in [2.24, 2.45) is 0 Å². The molecular weight excluding hydrogens is 406 g/mol. The van der Waals surface area contributed by atoms with Gasteiger partial charge in [0.15, 0.2) is 0 Å². The predicted molar refractivity (Wildman–Crippen MR) is 123 cm³/mol. The molecule has 1 N–H and O–H groups in total. The third-order valence-corrected chi connectivity index (χ3v) is 5.27. The number of carbonyl (C=O) groups excluding carboxylic acids is 2. The number of benzene rings is 2. The van der Waals surface area contributed by atoms with Gasteiger partial charge in [0.2, 0.25) is 0 Å². The molecule has 32 heavy (non-hydrogen) atoms. The summed E-state index contributed by atoms with van der Waals surface area (Å²) in [5, 5.41) is 2.76. The molecule has 1 heterocycles. The molecule has 0 fully saturated rings. The maximum absolute atomic E-state index is 13.0. The Morgan fingerprint density at radius 1 is 1.09 bits per heavy atom. The van der Waals surface area contributed by atoms with Crippen LogP contribution in [0.2, 0.25) is 0 Å². The van der Waals surface area contributed by atoms with Crippen molar-refractivity contribution in [1.82, 2.24) is 14.9 Å². The monoisotopic (exact) mass is 435 g/mol. The average Bonchev–Trinajstić information content (AvgIpc) is 3.30. The van der Waals surface area contributed by atoms with Gasteiger partial charge >= 0.3 is 5.97 Å². The number of carbonyl (C=O) groups is 2. The molecular formula is C25H29N3O4. The van der Waals surface area contributed by atoms with Gasteiger partial charge in [-0.2, -0.15) is 0 Å². The lowest BCUT2D eigenvalue weighted by molar-refractivity contribution is -0.143. The first kappa shape index (κ1) is 23.1. The maximum atomic E-state index is 13.0. The number of methoxy groups -OCH3 is 2. The van der Waals surface area contributed by atoms with Crippen LogP contribution in [0.25, 0.3) is 11.1 Å². The molecule has 7 heteroatoms. The Balaban J connectivity index is 1.87. The third-order valence-electron chi connectivity index (χ3n) is 5.27. The number of nitrogens with zero attached hydrogens (tertiary/aromatic N) is 2. The summed E-state index contributed by atoms with van der Waals surface area (Å²) in [5.74, 6) is -0.248. The van der Waals surface area contributed by atoms with E-state index < -0.39 is 12.0 Å². The second kappa shape index (κ2) is 9.68. The Morgan fingerprint density at radius 3 is 2.38 bits per heavy atom. The number of imidazole rings is 1. The van der Waals surface area contributed by atoms with Crippen LogP contribution in [0, 0.1) is 0 Å². The van der Waals surface area contributed by atoms with Crippen molar-refractivity contribution in [2.45, 2.75) is 38.8 Å². The fourth-order valence-corrected chi connectivity index (χ4v) is 3.39. The molecule has 0 saturated carbocycles. The number of aromatic nitrogens is 2. The zero-order chi connectivity index (χ0) is 23.3. The topological polar surface area (TPSA) is 82.5 Å². The van der Waals surface area contributed by atoms with E-state index in [2.05, 4.69) is 43.2 Å². The van der Waals surface area contributed by atoms with Gasteiger partial charge in [-0.3, -0.25) is 4.79 Å². The maximum Gasteiger partial charge on any atom is 0.330 e. The first-order valence-corrected chi connectivity index (χ1v) is 10.4. The Hall–Kier alpha value is -3.61. The Kier molecular flexibility index (Phi) is 6.98. The van der Waals surface area contributed by atoms with E-state index in [4.69, 9.17) is 9.47 Å². The van der Waals surface area contributed by atoms with Gasteiger partial charge in [-0.1, -0.05) is 45.0 Å². The van der Waals surface area contributed by atoms with Crippen LogP contribution in [-0.4, -0.2) is 41.7 Å². The van der Waals surface area contributed by atoms with E-state index in [-0.39, 0.29) is 17.9 Å². The lowest BCUT2D eigenvalue weighted by atomic mass is 9.86. The van der Waals surface area contributed by atoms with Crippen LogP contribution in [0.4, 0.5) is 0 Å². The largest absolute Gasteiger partial charge is 0.496 e. The number of ether oxygens (including phenoxy) is 2. The van der Waals surface area contributed by atoms with Crippen LogP contribution in [0.1, 0.15) is 36.7 Å². The highest BCUT2D eigenvalue weighted by atomic mass is 16.5. The van der Waals surface area contributed by atoms with E-state index in [0.29, 0.717) is 11.3 Å². The van der Waals surface area contributed by atoms with Crippen molar-refractivity contribution >= 4 is 11.9 Å². The van der Waals surface area contributed by atoms with Gasteiger partial charge in [-0.15, -0.1) is 0 Å². The smallest absolute Gasteiger partial charge is 0.330 e. The van der Waals surface area contributed by atoms with Crippen LogP contribution in [0.3, 0.4) is 0 Å². The molecule has 7 nitrogen and oxygen atoms in total. The summed E-state index contributed by atoms with van der Waals surface area (Å²) in [4.78, 5) is 29.2. The molecule has 1 amide bonds. The molecule has 3 rings (SSSR count). The molecule has 1 atom stereocenters. The minimum absolute atomic E-state index is 0.0441. The molecule has 0 aliphatic heterocycles. The zero-order valence-electron chi connectivity index (χ0n) is 19.1. The lowest BCUT2D eigenvalue weighted by Gasteiger charge is -2.20. The fourth-order valence-electron chi connectivity index (χ4n) is 3.39. The lowest BCUT2D eigenvalue weighted by Crippen LogP contribution is -2.44. The SMILES string of the molecule is COC(=O)C(Cn1ccnc1)NC(=O)c1ccc(OC)c(-c2ccc(C(C)(C)C)cc2)c1. The number of hydrogen-bond acceptors (Lipinski definition) is 5. The zero-order valence-corrected chi connectivity index (χ0v) is 19.1. The number of esters is 1. The number of rotatable bonds is 7. The highest BCUT2D eigenvalue weighted by Crippen LogP contribution is 2.33. The summed E-state index contributed by atoms with van der Waals surface area (Å²) in [6, 6.07) is 12.6. The van der Waals surface area contributed by atoms with Crippen LogP contribution < -0.4 is 10.1 Å². The van der Waals surface area contributed by atoms with Crippen molar-refractivity contribution in [1.29, 1.82) is 0 Å². The molecule has 0 saturated heterocycles. The minimum Gasteiger partial charge on any atom is -0.496 e. The van der Waals surface area contributed by atoms with Gasteiger partial charge in [0.1, 0.15) is 11.8 Å². The van der Waals surface area contributed by atoms with Crippen LogP contribution in [0.5, 0.6) is 5.75 Å². The standard InChI is InChI=1S/C25H29N3O4/c1-25(2,3)19-9-6-17(7-10-19)20-14-18(8-11-22(20)31-4)23(29)27-21(24(30)32-5)15-28-13-12-26-16-28/h6-14,16,21H,15H2,1-5H3,(H,27,29). The summed E-state index contributed by atoms with van der Waals surface area (Å²) in [5.41, 5.74) is 3.41. The van der Waals surface area contributed by atoms with Gasteiger partial charge in [0.05, 0.1) is 27.1 Å². The van der Waals surface area contributed by atoms with Crippen molar-refractivity contribution < 1.29 is 19.1 Å². The summed E-state index contributed by atoms with van der Waals surface area (Å²) < 4.78 is 12.1. The van der Waals surface area contributed by atoms with Crippen molar-refractivity contribution in [3.63, 3.8) is 0 Å². The molecule has 0 aliphatic rings. The van der Waals surface area contributed by atoms with Crippen LogP contribution >= 0.6 is 0 Å². The Bertz CT molecular complexity index is 1070. The molecule has 168 valence electrons. The van der Waals surface area contributed by atoms with E-state index in [9.17, 15) is 9.59 Å². The molecule has 0 radical (unpaired) electrons. The van der Waals surface area contributed by atoms with Gasteiger partial charge in [0, 0.05) is 23.5 Å². The summed E-state index contributed by atoms with van der Waals surface area (Å²) in [6.45, 7) is 6.70. The summed E-state index contributed by atoms with van der Waals surface area (Å²) >= 11 is 0. The van der Waals surface area contributed by atoms with Crippen LogP contribution in [-0.2, 0) is 21.5 Å². The molecule has 0 aliphatic carbocycles. The fraction of sp³-hybridized carbons (Fsp3) is 0.320. The quantitative estimate of drug-likeness (QED) is 0.571. The molecule has 2 aromatic carbocycles. The van der Waals surface area contributed by atoms with Crippen molar-refractivity contribution in [3.05, 3.63) is 72.3 Å². The first-order valence-electron chi connectivity index (χ1n) is 10.4. The second-order valence-electron chi connectivity index (χ2n) is 8.55. The van der Waals surface area contributed by atoms with E-state index >= 15 is 0 Å². The Morgan fingerprint density at radius 2 is 1.81 bits per heavy atom. The van der Waals surface area contributed by atoms with E-state index in [1.165, 1.54) is 12.7 Å². The predicted octanol–water partition coefficient (Wildman–Crippen LogP) is 3.83. The van der Waals surface area contributed by atoms with Crippen molar-refractivity contribution in [2.75, 3.05) is 14.2 Å². The van der Waals surface area contributed by atoms with Gasteiger partial charge < -0.3 is 19.4 Å². The van der Waals surface area contributed by atoms with Gasteiger partial charge in [0.25, 0.3) is 5.91 Å². The Labute approximate surface area is 188 Å². The second-order valence-corrected chi connectivity index (χ2v) is 8.55. The normalized spacial score (nSPS) is 12.2. The summed E-state index contributed by atoms with van der Waals surface area (Å²) in [6.07, 6.45) is 4.90. The number of nitrogens with one attached hydrogen (secondary N) is 1. The van der Waals surface area contributed by atoms with Crippen LogP contribution in [0.15, 0.2) is 61.2 Å². The highest BCUT2D eigenvalue weighted by Gasteiger charge is 2.23. The van der Waals surface area contributed by atoms with Crippen molar-refractivity contribution in [3.8, 4) is 16.9 Å². The summed E-state index contributed by atoms with van der Waals surface area (Å²) in [7, 11) is 2.89. The highest BCUT2D eigenvalue weighted by molar-refractivity contribution is 5.98. The molecule has 3 aromatic rings. The molecule has 1 aromatic heterocycles. The van der Waals surface area contributed by atoms with E-state index in [0.717, 1.165) is 11.1 Å². The molecule has 0 bridgehead atoms. The number of hydrogen-bond donors (Lipinski definition) is 1. The third kappa shape index (κ3) is 5.35. The van der Waals surface area contributed by atoms with Gasteiger partial charge in [-0.05, 0) is 34.7 Å². The van der Waals surface area contributed by atoms with E-state index in [1.807, 2.05) is 12.1 Å². The minimum atomic E-state index is -0.849. The average molecular weight is 436 g/mol. The van der Waals surface area contributed by atoms with E-state index in [1.54, 1.807) is 48.6 Å². The first-order chi connectivity index (χ1) is 15.2.